The summed E-state index contributed by atoms with van der Waals surface area (Å²) in [7, 11) is 0. The van der Waals surface area contributed by atoms with E-state index in [2.05, 4.69) is 43.9 Å². The first-order chi connectivity index (χ1) is 15.7. The normalized spacial score (nSPS) is 31.8. The summed E-state index contributed by atoms with van der Waals surface area (Å²) in [6, 6.07) is 10.4. The zero-order chi connectivity index (χ0) is 21.5. The monoisotopic (exact) mass is 450 g/mol. The predicted octanol–water partition coefficient (Wildman–Crippen LogP) is 5.13. The predicted molar refractivity (Wildman–Crippen MR) is 127 cm³/mol. The highest BCUT2D eigenvalue weighted by Gasteiger charge is 2.54. The highest BCUT2D eigenvalue weighted by Crippen LogP contribution is 2.60. The zero-order valence-corrected chi connectivity index (χ0v) is 19.7. The number of likely N-dealkylation sites (tertiary alicyclic amines) is 1. The molecule has 0 atom stereocenters. The van der Waals surface area contributed by atoms with E-state index in [0.29, 0.717) is 11.5 Å². The standard InChI is InChI=1S/C26H34N4OS/c31-23(26-14-19-11-20(15-26)13-21(12-19)16-26)18-32-25-28-27-24(17-29-9-5-2-6-10-29)30(25)22-7-3-1-4-8-22/h1,3-4,7-8,19-21H,2,5-6,9-18H2. The average molecular weight is 451 g/mol. The second kappa shape index (κ2) is 8.60. The number of benzene rings is 1. The van der Waals surface area contributed by atoms with Crippen LogP contribution < -0.4 is 0 Å². The Morgan fingerprint density at radius 1 is 0.938 bits per heavy atom. The smallest absolute Gasteiger partial charge is 0.196 e. The molecule has 1 aliphatic heterocycles. The number of rotatable bonds is 7. The van der Waals surface area contributed by atoms with Crippen LogP contribution in [0.25, 0.3) is 5.69 Å². The van der Waals surface area contributed by atoms with Gasteiger partial charge < -0.3 is 0 Å². The molecule has 0 unspecified atom stereocenters. The van der Waals surface area contributed by atoms with E-state index in [1.54, 1.807) is 11.8 Å². The molecule has 5 fully saturated rings. The average Bonchev–Trinajstić information content (AvgIpc) is 3.20. The maximum Gasteiger partial charge on any atom is 0.196 e. The molecule has 0 amide bonds. The Hall–Kier alpha value is -1.66. The lowest BCUT2D eigenvalue weighted by Gasteiger charge is -2.56. The van der Waals surface area contributed by atoms with E-state index in [1.807, 2.05) is 6.07 Å². The Morgan fingerprint density at radius 3 is 2.25 bits per heavy atom. The summed E-state index contributed by atoms with van der Waals surface area (Å²) in [6.07, 6.45) is 11.4. The van der Waals surface area contributed by atoms with Gasteiger partial charge in [-0.25, -0.2) is 0 Å². The Labute approximate surface area is 195 Å². The van der Waals surface area contributed by atoms with Crippen LogP contribution in [0.3, 0.4) is 0 Å². The molecule has 4 aliphatic carbocycles. The van der Waals surface area contributed by atoms with E-state index in [0.717, 1.165) is 73.3 Å². The Balaban J connectivity index is 1.21. The third kappa shape index (κ3) is 3.94. The van der Waals surface area contributed by atoms with E-state index in [-0.39, 0.29) is 5.41 Å². The SMILES string of the molecule is O=C(CSc1nnc(CN2CCCCC2)n1-c1ccccc1)C12CC3CC(CC(C3)C1)C2. The van der Waals surface area contributed by atoms with Gasteiger partial charge in [-0.2, -0.15) is 0 Å². The van der Waals surface area contributed by atoms with Crippen molar-refractivity contribution in [2.45, 2.75) is 69.5 Å². The van der Waals surface area contributed by atoms with Gasteiger partial charge in [0.15, 0.2) is 11.0 Å². The van der Waals surface area contributed by atoms with Crippen LogP contribution in [-0.4, -0.2) is 44.3 Å². The molecule has 0 radical (unpaired) electrons. The van der Waals surface area contributed by atoms with Crippen molar-refractivity contribution in [3.63, 3.8) is 0 Å². The summed E-state index contributed by atoms with van der Waals surface area (Å²) in [5.41, 5.74) is 1.06. The molecular weight excluding hydrogens is 416 g/mol. The van der Waals surface area contributed by atoms with E-state index in [4.69, 9.17) is 0 Å². The number of piperidine rings is 1. The molecule has 0 N–H and O–H groups in total. The molecule has 170 valence electrons. The number of para-hydroxylation sites is 1. The van der Waals surface area contributed by atoms with E-state index in [9.17, 15) is 4.79 Å². The topological polar surface area (TPSA) is 51.0 Å². The molecule has 1 aromatic heterocycles. The fourth-order valence-electron chi connectivity index (χ4n) is 7.39. The molecule has 5 aliphatic rings. The number of carbonyl (C=O) groups is 1. The number of thioether (sulfide) groups is 1. The highest BCUT2D eigenvalue weighted by atomic mass is 32.2. The molecular formula is C26H34N4OS. The van der Waals surface area contributed by atoms with Gasteiger partial charge >= 0.3 is 0 Å². The Morgan fingerprint density at radius 2 is 1.59 bits per heavy atom. The Bertz CT molecular complexity index is 930. The summed E-state index contributed by atoms with van der Waals surface area (Å²) in [4.78, 5) is 16.0. The molecule has 1 aromatic carbocycles. The highest BCUT2D eigenvalue weighted by molar-refractivity contribution is 7.99. The number of aromatic nitrogens is 3. The number of Topliss-reactive ketones (excluding diaryl/α,β-unsaturated/α-hetero) is 1. The minimum absolute atomic E-state index is 0.0318. The molecule has 6 heteroatoms. The van der Waals surface area contributed by atoms with Crippen molar-refractivity contribution in [2.24, 2.45) is 23.2 Å². The Kier molecular flexibility index (Phi) is 5.62. The van der Waals surface area contributed by atoms with Crippen LogP contribution in [0.1, 0.15) is 63.6 Å². The second-order valence-electron chi connectivity index (χ2n) is 10.8. The molecule has 0 spiro atoms. The van der Waals surface area contributed by atoms with Gasteiger partial charge in [0.1, 0.15) is 5.78 Å². The van der Waals surface area contributed by atoms with Gasteiger partial charge in [0.2, 0.25) is 0 Å². The van der Waals surface area contributed by atoms with Crippen LogP contribution >= 0.6 is 11.8 Å². The van der Waals surface area contributed by atoms with Gasteiger partial charge in [0.05, 0.1) is 12.3 Å². The van der Waals surface area contributed by atoms with Gasteiger partial charge in [0, 0.05) is 11.1 Å². The molecule has 32 heavy (non-hydrogen) atoms. The van der Waals surface area contributed by atoms with Gasteiger partial charge in [-0.15, -0.1) is 10.2 Å². The molecule has 1 saturated heterocycles. The van der Waals surface area contributed by atoms with Crippen LogP contribution in [0.15, 0.2) is 35.5 Å². The second-order valence-corrected chi connectivity index (χ2v) is 11.8. The fraction of sp³-hybridized carbons (Fsp3) is 0.654. The van der Waals surface area contributed by atoms with Crippen molar-refractivity contribution < 1.29 is 4.79 Å². The van der Waals surface area contributed by atoms with Crippen molar-refractivity contribution in [1.82, 2.24) is 19.7 Å². The quantitative estimate of drug-likeness (QED) is 0.547. The fourth-order valence-corrected chi connectivity index (χ4v) is 8.39. The first-order valence-corrected chi connectivity index (χ1v) is 13.6. The molecule has 4 bridgehead atoms. The van der Waals surface area contributed by atoms with E-state index >= 15 is 0 Å². The van der Waals surface area contributed by atoms with Crippen molar-refractivity contribution in [1.29, 1.82) is 0 Å². The summed E-state index contributed by atoms with van der Waals surface area (Å²) >= 11 is 1.60. The van der Waals surface area contributed by atoms with Crippen LogP contribution in [-0.2, 0) is 11.3 Å². The van der Waals surface area contributed by atoms with Crippen molar-refractivity contribution >= 4 is 17.5 Å². The summed E-state index contributed by atoms with van der Waals surface area (Å²) < 4.78 is 2.19. The largest absolute Gasteiger partial charge is 0.298 e. The number of nitrogens with zero attached hydrogens (tertiary/aromatic N) is 4. The van der Waals surface area contributed by atoms with Gasteiger partial charge in [-0.05, 0) is 94.3 Å². The molecule has 4 saturated carbocycles. The maximum absolute atomic E-state index is 13.6. The lowest BCUT2D eigenvalue weighted by molar-refractivity contribution is -0.141. The number of carbonyl (C=O) groups excluding carboxylic acids is 1. The lowest BCUT2D eigenvalue weighted by atomic mass is 9.48. The lowest BCUT2D eigenvalue weighted by Crippen LogP contribution is -2.50. The van der Waals surface area contributed by atoms with E-state index in [1.165, 1.54) is 38.5 Å². The molecule has 7 rings (SSSR count). The van der Waals surface area contributed by atoms with Crippen molar-refractivity contribution in [3.8, 4) is 5.69 Å². The zero-order valence-electron chi connectivity index (χ0n) is 18.9. The van der Waals surface area contributed by atoms with Gasteiger partial charge in [-0.1, -0.05) is 36.4 Å². The summed E-state index contributed by atoms with van der Waals surface area (Å²) in [6.45, 7) is 3.09. The molecule has 2 heterocycles. The maximum atomic E-state index is 13.6. The number of ketones is 1. The van der Waals surface area contributed by atoms with Crippen LogP contribution in [0.2, 0.25) is 0 Å². The van der Waals surface area contributed by atoms with Gasteiger partial charge in [0.25, 0.3) is 0 Å². The molecule has 2 aromatic rings. The first kappa shape index (κ1) is 20.9. The van der Waals surface area contributed by atoms with Crippen molar-refractivity contribution in [2.75, 3.05) is 18.8 Å². The molecule has 5 nitrogen and oxygen atoms in total. The van der Waals surface area contributed by atoms with Gasteiger partial charge in [-0.3, -0.25) is 14.3 Å². The minimum Gasteiger partial charge on any atom is -0.298 e. The van der Waals surface area contributed by atoms with Crippen molar-refractivity contribution in [3.05, 3.63) is 36.2 Å². The summed E-state index contributed by atoms with van der Waals surface area (Å²) in [5.74, 6) is 4.41. The van der Waals surface area contributed by atoms with Crippen LogP contribution in [0, 0.1) is 23.2 Å². The summed E-state index contributed by atoms with van der Waals surface area (Å²) in [5, 5.41) is 10.0. The third-order valence-electron chi connectivity index (χ3n) is 8.49. The number of hydrogen-bond acceptors (Lipinski definition) is 5. The number of hydrogen-bond donors (Lipinski definition) is 0. The minimum atomic E-state index is -0.0318. The first-order valence-electron chi connectivity index (χ1n) is 12.6. The van der Waals surface area contributed by atoms with E-state index < -0.39 is 0 Å². The van der Waals surface area contributed by atoms with Crippen LogP contribution in [0.4, 0.5) is 0 Å². The third-order valence-corrected chi connectivity index (χ3v) is 9.42. The van der Waals surface area contributed by atoms with Crippen LogP contribution in [0.5, 0.6) is 0 Å².